The summed E-state index contributed by atoms with van der Waals surface area (Å²) < 4.78 is 11.7. The Hall–Kier alpha value is -0.270. The molecule has 0 aliphatic heterocycles. The largest absolute Gasteiger partial charge is 0.224 e. The summed E-state index contributed by atoms with van der Waals surface area (Å²) in [5, 5.41) is 11.2. The van der Waals surface area contributed by atoms with Gasteiger partial charge in [0, 0.05) is 0 Å². The van der Waals surface area contributed by atoms with Crippen LogP contribution in [0.25, 0.3) is 0 Å². The molecule has 0 bridgehead atoms. The van der Waals surface area contributed by atoms with Gasteiger partial charge in [-0.3, -0.25) is 0 Å². The number of halogens is 2. The zero-order valence-electron chi connectivity index (χ0n) is 7.12. The van der Waals surface area contributed by atoms with Crippen molar-refractivity contribution in [3.8, 4) is 0 Å². The van der Waals surface area contributed by atoms with Gasteiger partial charge in [-0.25, -0.2) is 4.39 Å². The van der Waals surface area contributed by atoms with Crippen LogP contribution in [0, 0.1) is 0 Å². The summed E-state index contributed by atoms with van der Waals surface area (Å²) in [5.74, 6) is 0.122. The summed E-state index contributed by atoms with van der Waals surface area (Å²) in [7, 11) is 0. The van der Waals surface area contributed by atoms with E-state index in [1.165, 1.54) is 11.7 Å². The number of rotatable bonds is 2. The predicted molar refractivity (Wildman–Crippen MR) is 50.7 cm³/mol. The van der Waals surface area contributed by atoms with E-state index in [-0.39, 0.29) is 11.9 Å². The van der Waals surface area contributed by atoms with E-state index >= 15 is 0 Å². The Balaban J connectivity index is 2.92. The van der Waals surface area contributed by atoms with Crippen LogP contribution in [0.1, 0.15) is 32.6 Å². The summed E-state index contributed by atoms with van der Waals surface area (Å²) in [6.07, 6.45) is 0. The lowest BCUT2D eigenvalue weighted by atomic mass is 10.4. The fraction of sp³-hybridized carbons (Fsp3) is 0.833. The second-order valence-electron chi connectivity index (χ2n) is 2.92. The molecule has 0 fully saturated rings. The van der Waals surface area contributed by atoms with E-state index in [0.29, 0.717) is 0 Å². The van der Waals surface area contributed by atoms with Crippen molar-refractivity contribution in [2.75, 3.05) is 0 Å². The van der Waals surface area contributed by atoms with Crippen LogP contribution < -0.4 is 0 Å². The quantitative estimate of drug-likeness (QED) is 0.614. The molecule has 1 aromatic heterocycles. The van der Waals surface area contributed by atoms with Crippen LogP contribution >= 0.6 is 22.6 Å². The van der Waals surface area contributed by atoms with E-state index in [4.69, 9.17) is 0 Å². The van der Waals surface area contributed by atoms with E-state index in [1.807, 2.05) is 13.8 Å². The first-order valence-corrected chi connectivity index (χ1v) is 4.67. The molecule has 4 nitrogen and oxygen atoms in total. The van der Waals surface area contributed by atoms with Gasteiger partial charge in [0.2, 0.25) is 9.50 Å². The molecule has 1 unspecified atom stereocenters. The van der Waals surface area contributed by atoms with Crippen molar-refractivity contribution in [1.29, 1.82) is 0 Å². The zero-order valence-corrected chi connectivity index (χ0v) is 9.28. The minimum absolute atomic E-state index is 0.116. The van der Waals surface area contributed by atoms with Crippen LogP contribution in [-0.4, -0.2) is 20.2 Å². The zero-order chi connectivity index (χ0) is 9.35. The number of nitrogens with zero attached hydrogens (tertiary/aromatic N) is 4. The molecule has 0 aromatic carbocycles. The molecule has 6 heteroatoms. The maximum atomic E-state index is 13.2. The normalized spacial score (nSPS) is 16.5. The maximum absolute atomic E-state index is 13.2. The molecular formula is C6H10FIN4. The van der Waals surface area contributed by atoms with Crippen LogP contribution in [0.2, 0.25) is 0 Å². The van der Waals surface area contributed by atoms with Gasteiger partial charge in [0.15, 0.2) is 0 Å². The second kappa shape index (κ2) is 3.23. The number of tetrazole rings is 1. The third kappa shape index (κ3) is 2.11. The molecule has 0 saturated heterocycles. The monoisotopic (exact) mass is 284 g/mol. The molecule has 0 saturated carbocycles. The van der Waals surface area contributed by atoms with E-state index < -0.39 is 3.68 Å². The van der Waals surface area contributed by atoms with E-state index in [1.54, 1.807) is 22.6 Å². The van der Waals surface area contributed by atoms with Crippen molar-refractivity contribution in [2.24, 2.45) is 0 Å². The van der Waals surface area contributed by atoms with Crippen molar-refractivity contribution in [3.05, 3.63) is 5.82 Å². The molecule has 0 radical (unpaired) electrons. The first kappa shape index (κ1) is 9.82. The van der Waals surface area contributed by atoms with Gasteiger partial charge in [0.1, 0.15) is 0 Å². The van der Waals surface area contributed by atoms with Crippen LogP contribution in [0.4, 0.5) is 4.39 Å². The maximum Gasteiger partial charge on any atom is 0.221 e. The summed E-state index contributed by atoms with van der Waals surface area (Å²) in [6, 6.07) is 0.116. The summed E-state index contributed by atoms with van der Waals surface area (Å²) in [5.41, 5.74) is 0. The highest BCUT2D eigenvalue weighted by molar-refractivity contribution is 14.1. The van der Waals surface area contributed by atoms with Gasteiger partial charge in [-0.1, -0.05) is 0 Å². The first-order valence-electron chi connectivity index (χ1n) is 3.59. The smallest absolute Gasteiger partial charge is 0.221 e. The van der Waals surface area contributed by atoms with E-state index in [0.717, 1.165) is 0 Å². The van der Waals surface area contributed by atoms with Crippen LogP contribution in [-0.2, 0) is 3.68 Å². The number of hydrogen-bond acceptors (Lipinski definition) is 3. The second-order valence-corrected chi connectivity index (χ2v) is 4.94. The Kier molecular flexibility index (Phi) is 2.64. The highest BCUT2D eigenvalue weighted by Gasteiger charge is 2.27. The van der Waals surface area contributed by atoms with Crippen molar-refractivity contribution in [2.45, 2.75) is 30.5 Å². The molecule has 68 valence electrons. The molecule has 0 amide bonds. The van der Waals surface area contributed by atoms with Crippen molar-refractivity contribution < 1.29 is 4.39 Å². The number of aromatic nitrogens is 4. The number of alkyl halides is 2. The van der Waals surface area contributed by atoms with E-state index in [2.05, 4.69) is 15.4 Å². The molecule has 1 heterocycles. The molecule has 0 spiro atoms. The molecule has 1 aromatic rings. The first-order chi connectivity index (χ1) is 5.41. The molecule has 0 aliphatic carbocycles. The van der Waals surface area contributed by atoms with Gasteiger partial charge in [-0.2, -0.15) is 4.80 Å². The lowest BCUT2D eigenvalue weighted by Gasteiger charge is -2.04. The average Bonchev–Trinajstić information content (AvgIpc) is 2.30. The number of hydrogen-bond donors (Lipinski definition) is 0. The van der Waals surface area contributed by atoms with Gasteiger partial charge < -0.3 is 0 Å². The summed E-state index contributed by atoms with van der Waals surface area (Å²) in [6.45, 7) is 5.22. The minimum Gasteiger partial charge on any atom is -0.224 e. The minimum atomic E-state index is -1.54. The molecule has 12 heavy (non-hydrogen) atoms. The lowest BCUT2D eigenvalue weighted by Crippen LogP contribution is -2.09. The Morgan fingerprint density at radius 2 is 2.17 bits per heavy atom. The molecule has 0 N–H and O–H groups in total. The SMILES string of the molecule is CC(C)n1nnc(C(C)(F)I)n1. The van der Waals surface area contributed by atoms with Crippen molar-refractivity contribution in [3.63, 3.8) is 0 Å². The van der Waals surface area contributed by atoms with Crippen LogP contribution in [0.3, 0.4) is 0 Å². The van der Waals surface area contributed by atoms with Gasteiger partial charge >= 0.3 is 0 Å². The van der Waals surface area contributed by atoms with E-state index in [9.17, 15) is 4.39 Å². The van der Waals surface area contributed by atoms with Gasteiger partial charge in [0.25, 0.3) is 0 Å². The third-order valence-corrected chi connectivity index (χ3v) is 1.77. The molecule has 0 aliphatic rings. The standard InChI is InChI=1S/C6H10FIN4/c1-4(2)12-10-5(9-11-12)6(3,7)8/h4H,1-3H3. The predicted octanol–water partition coefficient (Wildman–Crippen LogP) is 1.83. The lowest BCUT2D eigenvalue weighted by molar-refractivity contribution is 0.329. The van der Waals surface area contributed by atoms with Gasteiger partial charge in [-0.05, 0) is 48.6 Å². The van der Waals surface area contributed by atoms with Crippen molar-refractivity contribution >= 4 is 22.6 Å². The highest BCUT2D eigenvalue weighted by Crippen LogP contribution is 2.29. The Bertz CT molecular complexity index is 265. The van der Waals surface area contributed by atoms with Crippen LogP contribution in [0.15, 0.2) is 0 Å². The van der Waals surface area contributed by atoms with Crippen LogP contribution in [0.5, 0.6) is 0 Å². The fourth-order valence-corrected chi connectivity index (χ4v) is 0.835. The third-order valence-electron chi connectivity index (χ3n) is 1.28. The topological polar surface area (TPSA) is 43.6 Å². The average molecular weight is 284 g/mol. The summed E-state index contributed by atoms with van der Waals surface area (Å²) in [4.78, 5) is 1.39. The molecular weight excluding hydrogens is 274 g/mol. The van der Waals surface area contributed by atoms with Crippen molar-refractivity contribution in [1.82, 2.24) is 20.2 Å². The molecule has 1 atom stereocenters. The Labute approximate surface area is 83.7 Å². The Morgan fingerprint density at radius 3 is 2.42 bits per heavy atom. The highest BCUT2D eigenvalue weighted by atomic mass is 127. The summed E-state index contributed by atoms with van der Waals surface area (Å²) >= 11 is 1.63. The Morgan fingerprint density at radius 1 is 1.58 bits per heavy atom. The molecule has 1 rings (SSSR count). The van der Waals surface area contributed by atoms with Gasteiger partial charge in [-0.15, -0.1) is 10.2 Å². The fourth-order valence-electron chi connectivity index (χ4n) is 0.620. The van der Waals surface area contributed by atoms with Gasteiger partial charge in [0.05, 0.1) is 6.04 Å².